The lowest BCUT2D eigenvalue weighted by Crippen LogP contribution is -2.11. The topological polar surface area (TPSA) is 26.3 Å². The number of ether oxygens (including phenoxy) is 1. The van der Waals surface area contributed by atoms with Gasteiger partial charge in [0.05, 0.1) is 12.2 Å². The maximum Gasteiger partial charge on any atom is 0.191 e. The number of hydrogen-bond donors (Lipinski definition) is 0. The highest BCUT2D eigenvalue weighted by atomic mass is 19.1. The Hall–Kier alpha value is -2.33. The van der Waals surface area contributed by atoms with Crippen LogP contribution in [0.3, 0.4) is 0 Å². The second-order valence-electron chi connectivity index (χ2n) is 4.38. The van der Waals surface area contributed by atoms with Crippen LogP contribution in [0.1, 0.15) is 15.9 Å². The van der Waals surface area contributed by atoms with Gasteiger partial charge in [-0.2, -0.15) is 0 Å². The first-order chi connectivity index (χ1) is 10.2. The van der Waals surface area contributed by atoms with Crippen molar-refractivity contribution >= 4 is 11.9 Å². The number of ketones is 1. The van der Waals surface area contributed by atoms with E-state index in [1.807, 2.05) is 36.4 Å². The first-order valence-corrected chi connectivity index (χ1v) is 6.44. The van der Waals surface area contributed by atoms with Crippen LogP contribution in [-0.2, 0) is 4.74 Å². The van der Waals surface area contributed by atoms with Crippen molar-refractivity contribution in [1.82, 2.24) is 0 Å². The molecule has 108 valence electrons. The van der Waals surface area contributed by atoms with E-state index in [0.29, 0.717) is 0 Å². The first-order valence-electron chi connectivity index (χ1n) is 6.44. The molecule has 0 fully saturated rings. The molecule has 21 heavy (non-hydrogen) atoms. The van der Waals surface area contributed by atoms with Gasteiger partial charge in [0.15, 0.2) is 5.78 Å². The van der Waals surface area contributed by atoms with Crippen molar-refractivity contribution in [1.29, 1.82) is 0 Å². The molecule has 0 amide bonds. The zero-order valence-electron chi connectivity index (χ0n) is 11.3. The van der Waals surface area contributed by atoms with Crippen LogP contribution in [0, 0.1) is 11.6 Å². The van der Waals surface area contributed by atoms with E-state index < -0.39 is 17.4 Å². The van der Waals surface area contributed by atoms with Crippen molar-refractivity contribution in [3.8, 4) is 0 Å². The SMILES string of the molecule is O=C(COCC=Cc1ccccc1)c1cc(F)ccc1F. The molecular weight excluding hydrogens is 274 g/mol. The minimum absolute atomic E-state index is 0.220. The molecule has 2 aromatic rings. The summed E-state index contributed by atoms with van der Waals surface area (Å²) in [4.78, 5) is 11.7. The van der Waals surface area contributed by atoms with Crippen molar-refractivity contribution in [2.45, 2.75) is 0 Å². The minimum Gasteiger partial charge on any atom is -0.369 e. The number of hydrogen-bond acceptors (Lipinski definition) is 2. The second-order valence-corrected chi connectivity index (χ2v) is 4.38. The van der Waals surface area contributed by atoms with Crippen molar-refractivity contribution in [2.75, 3.05) is 13.2 Å². The van der Waals surface area contributed by atoms with Crippen LogP contribution >= 0.6 is 0 Å². The fraction of sp³-hybridized carbons (Fsp3) is 0.118. The molecule has 0 saturated heterocycles. The second kappa shape index (κ2) is 7.45. The van der Waals surface area contributed by atoms with Gasteiger partial charge in [-0.1, -0.05) is 42.5 Å². The van der Waals surface area contributed by atoms with Gasteiger partial charge in [-0.25, -0.2) is 8.78 Å². The lowest BCUT2D eigenvalue weighted by molar-refractivity contribution is 0.0802. The van der Waals surface area contributed by atoms with E-state index in [1.165, 1.54) is 0 Å². The van der Waals surface area contributed by atoms with E-state index in [9.17, 15) is 13.6 Å². The predicted molar refractivity (Wildman–Crippen MR) is 77.0 cm³/mol. The summed E-state index contributed by atoms with van der Waals surface area (Å²) in [6.45, 7) is -0.0723. The van der Waals surface area contributed by atoms with Gasteiger partial charge in [-0.05, 0) is 23.8 Å². The van der Waals surface area contributed by atoms with Crippen LogP contribution in [0.25, 0.3) is 6.08 Å². The monoisotopic (exact) mass is 288 g/mol. The number of carbonyl (C=O) groups excluding carboxylic acids is 1. The van der Waals surface area contributed by atoms with Gasteiger partial charge in [0.1, 0.15) is 18.2 Å². The number of carbonyl (C=O) groups is 1. The number of benzene rings is 2. The molecule has 0 heterocycles. The lowest BCUT2D eigenvalue weighted by Gasteiger charge is -2.03. The Bertz CT molecular complexity index is 636. The maximum atomic E-state index is 13.4. The van der Waals surface area contributed by atoms with E-state index in [0.717, 1.165) is 23.8 Å². The Balaban J connectivity index is 1.82. The van der Waals surface area contributed by atoms with Gasteiger partial charge in [0, 0.05) is 0 Å². The van der Waals surface area contributed by atoms with Gasteiger partial charge in [0.25, 0.3) is 0 Å². The Kier molecular flexibility index (Phi) is 5.35. The van der Waals surface area contributed by atoms with Crippen molar-refractivity contribution in [2.24, 2.45) is 0 Å². The van der Waals surface area contributed by atoms with Gasteiger partial charge in [0.2, 0.25) is 0 Å². The van der Waals surface area contributed by atoms with Crippen LogP contribution in [0.2, 0.25) is 0 Å². The first kappa shape index (κ1) is 15.1. The molecule has 0 radical (unpaired) electrons. The minimum atomic E-state index is -0.746. The van der Waals surface area contributed by atoms with Crippen molar-refractivity contribution < 1.29 is 18.3 Å². The third-order valence-electron chi connectivity index (χ3n) is 2.79. The van der Waals surface area contributed by atoms with E-state index in [-0.39, 0.29) is 18.8 Å². The molecule has 0 saturated carbocycles. The standard InChI is InChI=1S/C17H14F2O2/c18-14-8-9-16(19)15(11-14)17(20)12-21-10-4-7-13-5-2-1-3-6-13/h1-9,11H,10,12H2. The molecule has 0 unspecified atom stereocenters. The normalized spacial score (nSPS) is 11.0. The number of rotatable bonds is 6. The summed E-state index contributed by atoms with van der Waals surface area (Å²) in [5.41, 5.74) is 0.727. The molecule has 0 N–H and O–H groups in total. The van der Waals surface area contributed by atoms with Crippen LogP contribution in [-0.4, -0.2) is 19.0 Å². The van der Waals surface area contributed by atoms with Crippen molar-refractivity contribution in [3.63, 3.8) is 0 Å². The molecule has 0 aliphatic heterocycles. The van der Waals surface area contributed by atoms with E-state index in [2.05, 4.69) is 0 Å². The Morgan fingerprint density at radius 3 is 2.62 bits per heavy atom. The highest BCUT2D eigenvalue weighted by Gasteiger charge is 2.12. The molecule has 0 aliphatic carbocycles. The molecule has 0 spiro atoms. The zero-order chi connectivity index (χ0) is 15.1. The quantitative estimate of drug-likeness (QED) is 0.595. The zero-order valence-corrected chi connectivity index (χ0v) is 11.3. The molecule has 0 aromatic heterocycles. The van der Waals surface area contributed by atoms with E-state index in [1.54, 1.807) is 6.08 Å². The number of Topliss-reactive ketones (excluding diaryl/α,β-unsaturated/α-hetero) is 1. The lowest BCUT2D eigenvalue weighted by atomic mass is 10.1. The Morgan fingerprint density at radius 1 is 1.10 bits per heavy atom. The molecule has 0 bridgehead atoms. The van der Waals surface area contributed by atoms with Crippen LogP contribution < -0.4 is 0 Å². The Morgan fingerprint density at radius 2 is 1.86 bits per heavy atom. The van der Waals surface area contributed by atoms with Gasteiger partial charge < -0.3 is 4.74 Å². The third kappa shape index (κ3) is 4.61. The van der Waals surface area contributed by atoms with E-state index >= 15 is 0 Å². The fourth-order valence-corrected chi connectivity index (χ4v) is 1.76. The summed E-state index contributed by atoms with van der Waals surface area (Å²) >= 11 is 0. The molecule has 0 atom stereocenters. The summed E-state index contributed by atoms with van der Waals surface area (Å²) in [6.07, 6.45) is 3.61. The number of halogens is 2. The molecule has 0 aliphatic rings. The third-order valence-corrected chi connectivity index (χ3v) is 2.79. The Labute approximate surface area is 121 Å². The molecule has 2 aromatic carbocycles. The van der Waals surface area contributed by atoms with Gasteiger partial charge in [-0.3, -0.25) is 4.79 Å². The average Bonchev–Trinajstić information content (AvgIpc) is 2.50. The largest absolute Gasteiger partial charge is 0.369 e. The summed E-state index contributed by atoms with van der Waals surface area (Å²) < 4.78 is 31.5. The molecule has 2 rings (SSSR count). The molecular formula is C17H14F2O2. The molecule has 4 heteroatoms. The van der Waals surface area contributed by atoms with Crippen LogP contribution in [0.5, 0.6) is 0 Å². The van der Waals surface area contributed by atoms with Gasteiger partial charge in [-0.15, -0.1) is 0 Å². The van der Waals surface area contributed by atoms with E-state index in [4.69, 9.17) is 4.74 Å². The summed E-state index contributed by atoms with van der Waals surface area (Å²) in [5.74, 6) is -1.98. The summed E-state index contributed by atoms with van der Waals surface area (Å²) in [5, 5.41) is 0. The average molecular weight is 288 g/mol. The van der Waals surface area contributed by atoms with Gasteiger partial charge >= 0.3 is 0 Å². The smallest absolute Gasteiger partial charge is 0.191 e. The summed E-state index contributed by atoms with van der Waals surface area (Å²) in [6, 6.07) is 12.4. The fourth-order valence-electron chi connectivity index (χ4n) is 1.76. The van der Waals surface area contributed by atoms with Crippen LogP contribution in [0.4, 0.5) is 8.78 Å². The predicted octanol–water partition coefficient (Wildman–Crippen LogP) is 3.88. The molecule has 2 nitrogen and oxygen atoms in total. The summed E-state index contributed by atoms with van der Waals surface area (Å²) in [7, 11) is 0. The van der Waals surface area contributed by atoms with Crippen molar-refractivity contribution in [3.05, 3.63) is 77.4 Å². The maximum absolute atomic E-state index is 13.4. The highest BCUT2D eigenvalue weighted by molar-refractivity contribution is 5.97. The van der Waals surface area contributed by atoms with Crippen LogP contribution in [0.15, 0.2) is 54.6 Å². The highest BCUT2D eigenvalue weighted by Crippen LogP contribution is 2.10.